The molecule has 2 aliphatic heterocycles. The zero-order valence-corrected chi connectivity index (χ0v) is 41.0. The molecule has 4 N–H and O–H groups in total. The summed E-state index contributed by atoms with van der Waals surface area (Å²) < 4.78 is 41.7. The second-order valence-electron chi connectivity index (χ2n) is 19.8. The van der Waals surface area contributed by atoms with Crippen molar-refractivity contribution in [2.45, 2.75) is 135 Å². The van der Waals surface area contributed by atoms with Crippen LogP contribution in [-0.2, 0) is 19.5 Å². The summed E-state index contributed by atoms with van der Waals surface area (Å²) in [4.78, 5) is 54.0. The van der Waals surface area contributed by atoms with Gasteiger partial charge in [0.1, 0.15) is 16.4 Å². The van der Waals surface area contributed by atoms with Gasteiger partial charge in [-0.3, -0.25) is 4.79 Å². The summed E-state index contributed by atoms with van der Waals surface area (Å²) in [5.41, 5.74) is 1.66. The third kappa shape index (κ3) is 14.7. The van der Waals surface area contributed by atoms with Gasteiger partial charge in [-0.25, -0.2) is 32.7 Å². The number of rotatable bonds is 13. The van der Waals surface area contributed by atoms with Crippen LogP contribution in [0.15, 0.2) is 53.4 Å². The summed E-state index contributed by atoms with van der Waals surface area (Å²) in [6.45, 7) is 19.9. The van der Waals surface area contributed by atoms with Crippen LogP contribution in [0, 0.1) is 25.7 Å². The number of nitrogens with zero attached hydrogens (tertiary/aromatic N) is 5. The SMILES string of the molecule is Cc1cccc(C)c1-c1cc(Cl)nc(NS(=O)(=O)c2cccc(C(=O)N3C[C@@H](O)CN(C(=O)OC(C)(C)CCC(C)C[C@@H]4CN(C(=O)OC(C)(C)C)C[C@H](O)CN4)C[C@H]3CC(C)C)c2)n1. The molecule has 1 unspecified atom stereocenters. The van der Waals surface area contributed by atoms with Gasteiger partial charge in [-0.05, 0) is 115 Å². The number of aliphatic hydroxyl groups excluding tert-OH is 2. The zero-order chi connectivity index (χ0) is 48.0. The molecule has 0 bridgehead atoms. The minimum atomic E-state index is -4.31. The highest BCUT2D eigenvalue weighted by Gasteiger charge is 2.38. The molecule has 3 amide bonds. The Morgan fingerprint density at radius 1 is 0.862 bits per heavy atom. The molecule has 5 rings (SSSR count). The van der Waals surface area contributed by atoms with E-state index in [9.17, 15) is 33.0 Å². The van der Waals surface area contributed by atoms with E-state index in [1.54, 1.807) is 11.0 Å². The molecule has 2 saturated heterocycles. The lowest BCUT2D eigenvalue weighted by atomic mass is 9.91. The maximum absolute atomic E-state index is 14.4. The highest BCUT2D eigenvalue weighted by atomic mass is 35.5. The van der Waals surface area contributed by atoms with E-state index in [1.165, 1.54) is 34.1 Å². The fourth-order valence-electron chi connectivity index (χ4n) is 8.42. The molecular formula is C47H68ClN7O9S. The molecule has 2 aromatic carbocycles. The number of β-amino-alcohol motifs (C(OH)–C–C–N with tert-alkyl or cyclic N) is 2. The first-order chi connectivity index (χ1) is 30.3. The summed E-state index contributed by atoms with van der Waals surface area (Å²) in [5, 5.41) is 25.2. The van der Waals surface area contributed by atoms with E-state index in [0.29, 0.717) is 44.5 Å². The number of anilines is 1. The van der Waals surface area contributed by atoms with Crippen molar-refractivity contribution in [3.63, 3.8) is 0 Å². The summed E-state index contributed by atoms with van der Waals surface area (Å²) >= 11 is 6.35. The Balaban J connectivity index is 1.24. The van der Waals surface area contributed by atoms with Crippen molar-refractivity contribution in [2.24, 2.45) is 11.8 Å². The van der Waals surface area contributed by atoms with E-state index in [-0.39, 0.29) is 65.6 Å². The number of amides is 3. The van der Waals surface area contributed by atoms with E-state index in [2.05, 4.69) is 26.9 Å². The molecule has 0 aliphatic carbocycles. The maximum atomic E-state index is 14.4. The highest BCUT2D eigenvalue weighted by molar-refractivity contribution is 7.92. The zero-order valence-electron chi connectivity index (χ0n) is 39.4. The first-order valence-electron chi connectivity index (χ1n) is 22.4. The van der Waals surface area contributed by atoms with Gasteiger partial charge in [0.2, 0.25) is 5.95 Å². The number of hydrogen-bond acceptors (Lipinski definition) is 12. The van der Waals surface area contributed by atoms with Crippen molar-refractivity contribution < 1.29 is 42.5 Å². The molecule has 2 fully saturated rings. The lowest BCUT2D eigenvalue weighted by Gasteiger charge is -2.34. The van der Waals surface area contributed by atoms with Crippen molar-refractivity contribution >= 4 is 45.7 Å². The van der Waals surface area contributed by atoms with E-state index in [0.717, 1.165) is 16.7 Å². The number of nitrogens with one attached hydrogen (secondary N) is 2. The second-order valence-corrected chi connectivity index (χ2v) is 21.8. The Morgan fingerprint density at radius 3 is 2.15 bits per heavy atom. The van der Waals surface area contributed by atoms with Crippen LogP contribution in [0.1, 0.15) is 103 Å². The van der Waals surface area contributed by atoms with Crippen molar-refractivity contribution in [3.05, 3.63) is 70.4 Å². The molecule has 358 valence electrons. The summed E-state index contributed by atoms with van der Waals surface area (Å²) in [7, 11) is -4.31. The quantitative estimate of drug-likeness (QED) is 0.128. The van der Waals surface area contributed by atoms with Crippen LogP contribution in [0.25, 0.3) is 11.3 Å². The average Bonchev–Trinajstić information content (AvgIpc) is 3.48. The monoisotopic (exact) mass is 941 g/mol. The Kier molecular flexibility index (Phi) is 16.9. The van der Waals surface area contributed by atoms with Crippen LogP contribution in [0.4, 0.5) is 15.5 Å². The number of aliphatic hydroxyl groups is 2. The van der Waals surface area contributed by atoms with Gasteiger partial charge < -0.3 is 39.7 Å². The number of aromatic nitrogens is 2. The van der Waals surface area contributed by atoms with Crippen LogP contribution < -0.4 is 10.0 Å². The maximum Gasteiger partial charge on any atom is 0.410 e. The number of halogens is 1. The van der Waals surface area contributed by atoms with Gasteiger partial charge in [0.05, 0.1) is 41.9 Å². The number of sulfonamides is 1. The van der Waals surface area contributed by atoms with Crippen molar-refractivity contribution in [2.75, 3.05) is 44.0 Å². The number of aryl methyl sites for hydroxylation is 2. The first-order valence-corrected chi connectivity index (χ1v) is 24.3. The van der Waals surface area contributed by atoms with Crippen LogP contribution in [0.3, 0.4) is 0 Å². The summed E-state index contributed by atoms with van der Waals surface area (Å²) in [6, 6.07) is 12.3. The lowest BCUT2D eigenvalue weighted by Crippen LogP contribution is -2.47. The van der Waals surface area contributed by atoms with Gasteiger partial charge in [0.25, 0.3) is 15.9 Å². The molecule has 2 aliphatic rings. The minimum absolute atomic E-state index is 0.0443. The lowest BCUT2D eigenvalue weighted by molar-refractivity contribution is -0.00110. The van der Waals surface area contributed by atoms with E-state index in [4.69, 9.17) is 21.1 Å². The number of hydrogen-bond donors (Lipinski definition) is 4. The first kappa shape index (κ1) is 51.4. The molecule has 3 aromatic rings. The van der Waals surface area contributed by atoms with Gasteiger partial charge in [-0.1, -0.05) is 56.6 Å². The molecule has 18 heteroatoms. The molecule has 0 saturated carbocycles. The predicted molar refractivity (Wildman–Crippen MR) is 250 cm³/mol. The average molecular weight is 943 g/mol. The largest absolute Gasteiger partial charge is 0.444 e. The third-order valence-electron chi connectivity index (χ3n) is 11.5. The molecule has 3 heterocycles. The van der Waals surface area contributed by atoms with Gasteiger partial charge >= 0.3 is 12.2 Å². The van der Waals surface area contributed by atoms with Gasteiger partial charge in [-0.2, -0.15) is 0 Å². The number of benzene rings is 2. The highest BCUT2D eigenvalue weighted by Crippen LogP contribution is 2.30. The minimum Gasteiger partial charge on any atom is -0.444 e. The molecule has 1 aromatic heterocycles. The van der Waals surface area contributed by atoms with Gasteiger partial charge in [-0.15, -0.1) is 0 Å². The standard InChI is InChI=1S/C47H68ClN7O9S/c1-29(2)19-35-25-54(45(60)64-47(9,10)18-17-30(3)20-34-24-53(26-36(56)23-49-34)44(59)63-46(6,7)8)27-37(57)28-55(35)42(58)33-15-12-16-38(21-33)65(61,62)52-43-50-39(22-40(48)51-43)41-31(4)13-11-14-32(41)5/h11-16,21-22,29-30,34-37,49,56-57H,17-20,23-28H2,1-10H3,(H,50,51,52)/t30?,34-,35-,36-,37+/m1/s1. The topological polar surface area (TPSA) is 204 Å². The fraction of sp³-hybridized carbons (Fsp3) is 0.596. The summed E-state index contributed by atoms with van der Waals surface area (Å²) in [6.07, 6.45) is -0.457. The van der Waals surface area contributed by atoms with Gasteiger partial charge in [0.15, 0.2) is 0 Å². The molecule has 0 spiro atoms. The third-order valence-corrected chi connectivity index (χ3v) is 13.0. The Morgan fingerprint density at radius 2 is 1.49 bits per heavy atom. The van der Waals surface area contributed by atoms with Crippen LogP contribution >= 0.6 is 11.6 Å². The van der Waals surface area contributed by atoms with Gasteiger partial charge in [0, 0.05) is 49.4 Å². The molecule has 65 heavy (non-hydrogen) atoms. The van der Waals surface area contributed by atoms with Crippen LogP contribution in [-0.4, -0.2) is 136 Å². The van der Waals surface area contributed by atoms with Crippen molar-refractivity contribution in [3.8, 4) is 11.3 Å². The number of carbonyl (C=O) groups is 3. The number of ether oxygens (including phenoxy) is 2. The second kappa shape index (κ2) is 21.4. The Labute approximate surface area is 389 Å². The smallest absolute Gasteiger partial charge is 0.410 e. The van der Waals surface area contributed by atoms with E-state index >= 15 is 0 Å². The molecule has 0 radical (unpaired) electrons. The van der Waals surface area contributed by atoms with E-state index in [1.807, 2.05) is 80.5 Å². The van der Waals surface area contributed by atoms with Crippen LogP contribution in [0.2, 0.25) is 5.15 Å². The van der Waals surface area contributed by atoms with Crippen molar-refractivity contribution in [1.29, 1.82) is 0 Å². The fourth-order valence-corrected chi connectivity index (χ4v) is 9.59. The summed E-state index contributed by atoms with van der Waals surface area (Å²) in [5.74, 6) is -0.456. The van der Waals surface area contributed by atoms with E-state index < -0.39 is 57.6 Å². The molecule has 16 nitrogen and oxygen atoms in total. The predicted octanol–water partition coefficient (Wildman–Crippen LogP) is 7.04. The Hall–Kier alpha value is -4.55. The number of carbonyl (C=O) groups excluding carboxylic acids is 3. The normalized spacial score (nSPS) is 20.5. The Bertz CT molecular complexity index is 2250. The van der Waals surface area contributed by atoms with Crippen molar-refractivity contribution in [1.82, 2.24) is 30.0 Å². The molecule has 5 atom stereocenters. The van der Waals surface area contributed by atoms with Crippen LogP contribution in [0.5, 0.6) is 0 Å². The molecular weight excluding hydrogens is 874 g/mol.